The van der Waals surface area contributed by atoms with Crippen LogP contribution in [0.4, 0.5) is 0 Å². The molecular formula is C16H16N2O3. The van der Waals surface area contributed by atoms with Crippen LogP contribution in [-0.4, -0.2) is 22.6 Å². The normalized spacial score (nSPS) is 12.4. The van der Waals surface area contributed by atoms with Crippen LogP contribution in [-0.2, 0) is 0 Å². The second kappa shape index (κ2) is 5.85. The van der Waals surface area contributed by atoms with Crippen molar-refractivity contribution in [1.82, 2.24) is 10.3 Å². The summed E-state index contributed by atoms with van der Waals surface area (Å²) in [5, 5.41) is 12.1. The Kier molecular flexibility index (Phi) is 3.75. The van der Waals surface area contributed by atoms with Crippen LogP contribution in [0.5, 0.6) is 0 Å². The topological polar surface area (TPSA) is 78.3 Å². The summed E-state index contributed by atoms with van der Waals surface area (Å²) in [4.78, 5) is 15.3. The molecule has 1 aromatic carbocycles. The summed E-state index contributed by atoms with van der Waals surface area (Å²) in [6, 6.07) is 12.8. The highest BCUT2D eigenvalue weighted by atomic mass is 16.3. The number of amides is 1. The van der Waals surface area contributed by atoms with Crippen molar-refractivity contribution >= 4 is 17.0 Å². The number of benzene rings is 1. The van der Waals surface area contributed by atoms with Gasteiger partial charge in [0.25, 0.3) is 5.91 Å². The van der Waals surface area contributed by atoms with Crippen LogP contribution in [0.25, 0.3) is 11.1 Å². The highest BCUT2D eigenvalue weighted by Crippen LogP contribution is 2.19. The van der Waals surface area contributed by atoms with Crippen molar-refractivity contribution in [3.8, 4) is 0 Å². The second-order valence-electron chi connectivity index (χ2n) is 4.83. The number of fused-ring (bicyclic) bond motifs is 1. The van der Waals surface area contributed by atoms with Gasteiger partial charge < -0.3 is 19.8 Å². The predicted molar refractivity (Wildman–Crippen MR) is 78.9 cm³/mol. The minimum absolute atomic E-state index is 0.00686. The molecule has 5 heteroatoms. The van der Waals surface area contributed by atoms with Crippen molar-refractivity contribution in [3.63, 3.8) is 0 Å². The van der Waals surface area contributed by atoms with Gasteiger partial charge in [0, 0.05) is 18.7 Å². The van der Waals surface area contributed by atoms with E-state index in [4.69, 9.17) is 4.42 Å². The molecule has 0 aliphatic heterocycles. The number of aromatic amines is 1. The van der Waals surface area contributed by atoms with Crippen molar-refractivity contribution in [2.45, 2.75) is 12.5 Å². The fourth-order valence-corrected chi connectivity index (χ4v) is 2.34. The molecule has 0 aliphatic rings. The largest absolute Gasteiger partial charge is 0.463 e. The summed E-state index contributed by atoms with van der Waals surface area (Å²) >= 11 is 0. The zero-order chi connectivity index (χ0) is 14.7. The van der Waals surface area contributed by atoms with Gasteiger partial charge in [-0.25, -0.2) is 0 Å². The average molecular weight is 284 g/mol. The lowest BCUT2D eigenvalue weighted by atomic mass is 10.0. The van der Waals surface area contributed by atoms with E-state index in [1.165, 1.54) is 0 Å². The average Bonchev–Trinajstić information content (AvgIpc) is 3.09. The standard InChI is InChI=1S/C16H16N2O3/c19-8-6-12(11-4-2-1-3-5-11)18-16(20)14-10-15-13(17-14)7-9-21-15/h1-5,7,9-10,12,17,19H,6,8H2,(H,18,20). The van der Waals surface area contributed by atoms with Gasteiger partial charge in [-0.2, -0.15) is 0 Å². The van der Waals surface area contributed by atoms with E-state index in [1.54, 1.807) is 18.4 Å². The van der Waals surface area contributed by atoms with Crippen LogP contribution in [0.3, 0.4) is 0 Å². The van der Waals surface area contributed by atoms with Crippen LogP contribution in [0.1, 0.15) is 28.5 Å². The van der Waals surface area contributed by atoms with E-state index in [0.29, 0.717) is 17.7 Å². The zero-order valence-electron chi connectivity index (χ0n) is 11.4. The fraction of sp³-hybridized carbons (Fsp3) is 0.188. The van der Waals surface area contributed by atoms with Crippen LogP contribution >= 0.6 is 0 Å². The molecule has 2 heterocycles. The smallest absolute Gasteiger partial charge is 0.268 e. The minimum atomic E-state index is -0.224. The number of rotatable bonds is 5. The highest BCUT2D eigenvalue weighted by molar-refractivity contribution is 5.97. The Labute approximate surface area is 121 Å². The Bertz CT molecular complexity index is 702. The van der Waals surface area contributed by atoms with E-state index >= 15 is 0 Å². The molecule has 3 N–H and O–H groups in total. The first-order chi connectivity index (χ1) is 10.3. The lowest BCUT2D eigenvalue weighted by molar-refractivity contribution is 0.0925. The van der Waals surface area contributed by atoms with Gasteiger partial charge in [0.1, 0.15) is 5.69 Å². The summed E-state index contributed by atoms with van der Waals surface area (Å²) < 4.78 is 5.23. The van der Waals surface area contributed by atoms with Gasteiger partial charge in [0.2, 0.25) is 0 Å². The molecule has 0 aliphatic carbocycles. The number of carbonyl (C=O) groups is 1. The van der Waals surface area contributed by atoms with Gasteiger partial charge in [-0.1, -0.05) is 30.3 Å². The second-order valence-corrected chi connectivity index (χ2v) is 4.83. The molecule has 0 bridgehead atoms. The first kappa shape index (κ1) is 13.5. The number of hydrogen-bond acceptors (Lipinski definition) is 3. The monoisotopic (exact) mass is 284 g/mol. The first-order valence-corrected chi connectivity index (χ1v) is 6.81. The van der Waals surface area contributed by atoms with E-state index in [9.17, 15) is 9.90 Å². The summed E-state index contributed by atoms with van der Waals surface area (Å²) in [5.74, 6) is -0.219. The molecule has 0 radical (unpaired) electrons. The van der Waals surface area contributed by atoms with E-state index in [2.05, 4.69) is 10.3 Å². The predicted octanol–water partition coefficient (Wildman–Crippen LogP) is 2.61. The molecule has 0 saturated heterocycles. The first-order valence-electron chi connectivity index (χ1n) is 6.81. The molecule has 3 aromatic rings. The van der Waals surface area contributed by atoms with Crippen molar-refractivity contribution in [2.24, 2.45) is 0 Å². The maximum Gasteiger partial charge on any atom is 0.268 e. The molecule has 0 fully saturated rings. The third-order valence-electron chi connectivity index (χ3n) is 3.41. The highest BCUT2D eigenvalue weighted by Gasteiger charge is 2.17. The van der Waals surface area contributed by atoms with Gasteiger partial charge in [0.05, 0.1) is 17.8 Å². The molecule has 1 unspecified atom stereocenters. The number of furan rings is 1. The van der Waals surface area contributed by atoms with Crippen LogP contribution in [0.2, 0.25) is 0 Å². The number of carbonyl (C=O) groups excluding carboxylic acids is 1. The van der Waals surface area contributed by atoms with Crippen molar-refractivity contribution in [1.29, 1.82) is 0 Å². The number of H-pyrrole nitrogens is 1. The van der Waals surface area contributed by atoms with E-state index in [0.717, 1.165) is 11.1 Å². The number of aromatic nitrogens is 1. The van der Waals surface area contributed by atoms with Gasteiger partial charge in [0.15, 0.2) is 5.58 Å². The molecule has 1 atom stereocenters. The molecular weight excluding hydrogens is 268 g/mol. The van der Waals surface area contributed by atoms with Crippen LogP contribution < -0.4 is 5.32 Å². The maximum atomic E-state index is 12.3. The lowest BCUT2D eigenvalue weighted by Crippen LogP contribution is -2.29. The van der Waals surface area contributed by atoms with Crippen LogP contribution in [0.15, 0.2) is 53.1 Å². The Balaban J connectivity index is 1.79. The summed E-state index contributed by atoms with van der Waals surface area (Å²) in [6.45, 7) is 0.00686. The number of aliphatic hydroxyl groups is 1. The molecule has 0 spiro atoms. The quantitative estimate of drug-likeness (QED) is 0.674. The molecule has 108 valence electrons. The SMILES string of the molecule is O=C(NC(CCO)c1ccccc1)c1cc2occc2[nH]1. The third kappa shape index (κ3) is 2.83. The van der Waals surface area contributed by atoms with Gasteiger partial charge in [-0.05, 0) is 12.0 Å². The maximum absolute atomic E-state index is 12.3. The van der Waals surface area contributed by atoms with E-state index < -0.39 is 0 Å². The number of nitrogens with one attached hydrogen (secondary N) is 2. The molecule has 2 aromatic heterocycles. The Morgan fingerprint density at radius 2 is 2.10 bits per heavy atom. The van der Waals surface area contributed by atoms with Crippen molar-refractivity contribution < 1.29 is 14.3 Å². The minimum Gasteiger partial charge on any atom is -0.463 e. The van der Waals surface area contributed by atoms with Crippen LogP contribution in [0, 0.1) is 0 Å². The molecule has 1 amide bonds. The Morgan fingerprint density at radius 1 is 1.29 bits per heavy atom. The summed E-state index contributed by atoms with van der Waals surface area (Å²) in [7, 11) is 0. The summed E-state index contributed by atoms with van der Waals surface area (Å²) in [5.41, 5.74) is 2.86. The van der Waals surface area contributed by atoms with Gasteiger partial charge in [-0.15, -0.1) is 0 Å². The zero-order valence-corrected chi connectivity index (χ0v) is 11.4. The van der Waals surface area contributed by atoms with Crippen molar-refractivity contribution in [3.05, 3.63) is 60.0 Å². The van der Waals surface area contributed by atoms with Crippen molar-refractivity contribution in [2.75, 3.05) is 6.61 Å². The molecule has 3 rings (SSSR count). The number of aliphatic hydroxyl groups excluding tert-OH is 1. The Hall–Kier alpha value is -2.53. The van der Waals surface area contributed by atoms with Gasteiger partial charge in [-0.3, -0.25) is 4.79 Å². The number of hydrogen-bond donors (Lipinski definition) is 3. The Morgan fingerprint density at radius 3 is 2.81 bits per heavy atom. The molecule has 5 nitrogen and oxygen atoms in total. The summed E-state index contributed by atoms with van der Waals surface area (Å²) in [6.07, 6.45) is 2.04. The lowest BCUT2D eigenvalue weighted by Gasteiger charge is -2.17. The molecule has 0 saturated carbocycles. The van der Waals surface area contributed by atoms with E-state index in [1.807, 2.05) is 30.3 Å². The van der Waals surface area contributed by atoms with E-state index in [-0.39, 0.29) is 18.6 Å². The molecule has 21 heavy (non-hydrogen) atoms. The fourth-order valence-electron chi connectivity index (χ4n) is 2.34. The van der Waals surface area contributed by atoms with Gasteiger partial charge >= 0.3 is 0 Å². The third-order valence-corrected chi connectivity index (χ3v) is 3.41.